The van der Waals surface area contributed by atoms with E-state index in [9.17, 15) is 9.59 Å². The average molecular weight is 474 g/mol. The summed E-state index contributed by atoms with van der Waals surface area (Å²) in [6.07, 6.45) is 3.83. The molecule has 1 saturated heterocycles. The lowest BCUT2D eigenvalue weighted by molar-refractivity contribution is -0.122. The molecule has 2 aromatic heterocycles. The Morgan fingerprint density at radius 2 is 1.85 bits per heavy atom. The van der Waals surface area contributed by atoms with Gasteiger partial charge < -0.3 is 14.7 Å². The second kappa shape index (κ2) is 9.44. The van der Waals surface area contributed by atoms with Crippen molar-refractivity contribution in [3.8, 4) is 11.4 Å². The number of carbonyl (C=O) groups is 2. The molecular formula is C25H20ClN5O3. The summed E-state index contributed by atoms with van der Waals surface area (Å²) in [6, 6.07) is 18.1. The number of hydrogen-bond donors (Lipinski definition) is 1. The molecule has 3 heterocycles. The van der Waals surface area contributed by atoms with Crippen molar-refractivity contribution >= 4 is 34.8 Å². The van der Waals surface area contributed by atoms with Crippen LogP contribution in [0.25, 0.3) is 11.4 Å². The molecule has 2 amide bonds. The van der Waals surface area contributed by atoms with Crippen LogP contribution in [0.4, 0.5) is 11.4 Å². The molecule has 1 aliphatic heterocycles. The Bertz CT molecular complexity index is 1320. The van der Waals surface area contributed by atoms with Crippen molar-refractivity contribution in [2.75, 3.05) is 16.8 Å². The predicted molar refractivity (Wildman–Crippen MR) is 127 cm³/mol. The number of halogens is 1. The van der Waals surface area contributed by atoms with E-state index in [2.05, 4.69) is 20.4 Å². The molecule has 2 aromatic carbocycles. The molecule has 0 radical (unpaired) electrons. The fourth-order valence-corrected chi connectivity index (χ4v) is 4.02. The van der Waals surface area contributed by atoms with E-state index in [-0.39, 0.29) is 18.2 Å². The third-order valence-corrected chi connectivity index (χ3v) is 5.91. The monoisotopic (exact) mass is 473 g/mol. The van der Waals surface area contributed by atoms with Crippen LogP contribution in [0, 0.1) is 5.92 Å². The maximum absolute atomic E-state index is 13.0. The molecule has 5 rings (SSSR count). The van der Waals surface area contributed by atoms with E-state index in [0.717, 1.165) is 16.8 Å². The number of anilines is 2. The van der Waals surface area contributed by atoms with Gasteiger partial charge in [0.05, 0.1) is 12.3 Å². The van der Waals surface area contributed by atoms with E-state index in [1.54, 1.807) is 53.7 Å². The van der Waals surface area contributed by atoms with Gasteiger partial charge in [0.25, 0.3) is 0 Å². The summed E-state index contributed by atoms with van der Waals surface area (Å²) in [5, 5.41) is 7.60. The molecule has 170 valence electrons. The average Bonchev–Trinajstić information content (AvgIpc) is 3.48. The first-order valence-corrected chi connectivity index (χ1v) is 11.1. The zero-order valence-corrected chi connectivity index (χ0v) is 18.8. The van der Waals surface area contributed by atoms with Crippen LogP contribution in [0.15, 0.2) is 77.6 Å². The Labute approximate surface area is 200 Å². The number of nitrogens with zero attached hydrogens (tertiary/aromatic N) is 4. The Morgan fingerprint density at radius 3 is 2.65 bits per heavy atom. The minimum atomic E-state index is -0.460. The standard InChI is InChI=1S/C25H20ClN5O3/c26-19-5-7-20(8-6-19)31-15-18(14-23(31)32)25(33)28-21-4-2-1-3-17(21)13-22-29-24(30-34-22)16-9-11-27-12-10-16/h1-12,18H,13-15H2,(H,28,33). The Balaban J connectivity index is 1.28. The molecule has 34 heavy (non-hydrogen) atoms. The van der Waals surface area contributed by atoms with Gasteiger partial charge in [-0.15, -0.1) is 0 Å². The molecule has 4 aromatic rings. The summed E-state index contributed by atoms with van der Waals surface area (Å²) >= 11 is 5.94. The number of hydrogen-bond acceptors (Lipinski definition) is 6. The molecule has 1 aliphatic rings. The van der Waals surface area contributed by atoms with E-state index < -0.39 is 5.92 Å². The van der Waals surface area contributed by atoms with Crippen LogP contribution in [0.3, 0.4) is 0 Å². The third-order valence-electron chi connectivity index (χ3n) is 5.66. The minimum Gasteiger partial charge on any atom is -0.339 e. The molecule has 1 unspecified atom stereocenters. The van der Waals surface area contributed by atoms with Crippen LogP contribution < -0.4 is 10.2 Å². The van der Waals surface area contributed by atoms with Crippen LogP contribution in [-0.4, -0.2) is 33.5 Å². The Hall–Kier alpha value is -4.04. The van der Waals surface area contributed by atoms with Gasteiger partial charge in [0.15, 0.2) is 0 Å². The van der Waals surface area contributed by atoms with Gasteiger partial charge in [-0.3, -0.25) is 14.6 Å². The summed E-state index contributed by atoms with van der Waals surface area (Å²) in [4.78, 5) is 35.6. The van der Waals surface area contributed by atoms with Crippen molar-refractivity contribution in [2.45, 2.75) is 12.8 Å². The highest BCUT2D eigenvalue weighted by Crippen LogP contribution is 2.28. The van der Waals surface area contributed by atoms with Crippen LogP contribution in [0.1, 0.15) is 17.9 Å². The lowest BCUT2D eigenvalue weighted by Gasteiger charge is -2.17. The fourth-order valence-electron chi connectivity index (χ4n) is 3.89. The van der Waals surface area contributed by atoms with Crippen LogP contribution in [0.5, 0.6) is 0 Å². The lowest BCUT2D eigenvalue weighted by Crippen LogP contribution is -2.28. The summed E-state index contributed by atoms with van der Waals surface area (Å²) in [5.41, 5.74) is 3.02. The smallest absolute Gasteiger partial charge is 0.231 e. The number of para-hydroxylation sites is 1. The highest BCUT2D eigenvalue weighted by Gasteiger charge is 2.35. The number of benzene rings is 2. The zero-order valence-electron chi connectivity index (χ0n) is 18.0. The summed E-state index contributed by atoms with van der Waals surface area (Å²) < 4.78 is 5.41. The van der Waals surface area contributed by atoms with E-state index in [0.29, 0.717) is 35.4 Å². The number of aromatic nitrogens is 3. The van der Waals surface area contributed by atoms with Crippen LogP contribution >= 0.6 is 11.6 Å². The largest absolute Gasteiger partial charge is 0.339 e. The van der Waals surface area contributed by atoms with Crippen LogP contribution in [-0.2, 0) is 16.0 Å². The Kier molecular flexibility index (Phi) is 6.05. The van der Waals surface area contributed by atoms with Gasteiger partial charge in [-0.1, -0.05) is 35.0 Å². The van der Waals surface area contributed by atoms with Gasteiger partial charge in [0.1, 0.15) is 0 Å². The Morgan fingerprint density at radius 1 is 1.09 bits per heavy atom. The van der Waals surface area contributed by atoms with E-state index >= 15 is 0 Å². The summed E-state index contributed by atoms with van der Waals surface area (Å²) in [6.45, 7) is 0.313. The molecule has 0 aliphatic carbocycles. The van der Waals surface area contributed by atoms with Crippen molar-refractivity contribution in [2.24, 2.45) is 5.92 Å². The molecule has 0 spiro atoms. The van der Waals surface area contributed by atoms with E-state index in [1.165, 1.54) is 0 Å². The van der Waals surface area contributed by atoms with Crippen molar-refractivity contribution in [3.05, 3.63) is 89.5 Å². The van der Waals surface area contributed by atoms with Crippen molar-refractivity contribution in [1.82, 2.24) is 15.1 Å². The van der Waals surface area contributed by atoms with Gasteiger partial charge in [-0.2, -0.15) is 4.98 Å². The number of rotatable bonds is 6. The number of pyridine rings is 1. The van der Waals surface area contributed by atoms with Gasteiger partial charge in [-0.05, 0) is 48.0 Å². The minimum absolute atomic E-state index is 0.0924. The first-order valence-electron chi connectivity index (χ1n) is 10.7. The van der Waals surface area contributed by atoms with E-state index in [4.69, 9.17) is 16.1 Å². The molecule has 8 nitrogen and oxygen atoms in total. The predicted octanol–water partition coefficient (Wildman–Crippen LogP) is 4.37. The number of nitrogens with one attached hydrogen (secondary N) is 1. The number of amides is 2. The SMILES string of the molecule is O=C(Nc1ccccc1Cc1nc(-c2ccncc2)no1)C1CC(=O)N(c2ccc(Cl)cc2)C1. The fraction of sp³-hybridized carbons (Fsp3) is 0.160. The third kappa shape index (κ3) is 4.67. The highest BCUT2D eigenvalue weighted by molar-refractivity contribution is 6.30. The van der Waals surface area contributed by atoms with Crippen molar-refractivity contribution in [3.63, 3.8) is 0 Å². The van der Waals surface area contributed by atoms with Gasteiger partial charge in [0, 0.05) is 47.3 Å². The molecule has 0 bridgehead atoms. The van der Waals surface area contributed by atoms with Crippen molar-refractivity contribution < 1.29 is 14.1 Å². The summed E-state index contributed by atoms with van der Waals surface area (Å²) in [5.74, 6) is 0.146. The van der Waals surface area contributed by atoms with Gasteiger partial charge in [0.2, 0.25) is 23.5 Å². The number of carbonyl (C=O) groups excluding carboxylic acids is 2. The second-order valence-electron chi connectivity index (χ2n) is 7.95. The quantitative estimate of drug-likeness (QED) is 0.446. The molecular weight excluding hydrogens is 454 g/mol. The maximum atomic E-state index is 13.0. The van der Waals surface area contributed by atoms with Crippen LogP contribution in [0.2, 0.25) is 5.02 Å². The van der Waals surface area contributed by atoms with Crippen molar-refractivity contribution in [1.29, 1.82) is 0 Å². The maximum Gasteiger partial charge on any atom is 0.231 e. The topological polar surface area (TPSA) is 101 Å². The molecule has 1 N–H and O–H groups in total. The lowest BCUT2D eigenvalue weighted by atomic mass is 10.1. The first kappa shape index (κ1) is 21.8. The second-order valence-corrected chi connectivity index (χ2v) is 8.39. The normalized spacial score (nSPS) is 15.5. The zero-order chi connectivity index (χ0) is 23.5. The first-order chi connectivity index (χ1) is 16.6. The molecule has 1 atom stereocenters. The molecule has 0 saturated carbocycles. The highest BCUT2D eigenvalue weighted by atomic mass is 35.5. The van der Waals surface area contributed by atoms with Gasteiger partial charge in [-0.25, -0.2) is 0 Å². The summed E-state index contributed by atoms with van der Waals surface area (Å²) in [7, 11) is 0. The molecule has 1 fully saturated rings. The molecule has 9 heteroatoms. The van der Waals surface area contributed by atoms with E-state index in [1.807, 2.05) is 24.3 Å². The van der Waals surface area contributed by atoms with Gasteiger partial charge >= 0.3 is 0 Å².